The van der Waals surface area contributed by atoms with Crippen LogP contribution in [0.15, 0.2) is 28.8 Å². The molecule has 1 aliphatic rings. The highest BCUT2D eigenvalue weighted by Gasteiger charge is 2.32. The molecule has 0 radical (unpaired) electrons. The van der Waals surface area contributed by atoms with Gasteiger partial charge in [-0.25, -0.2) is 4.79 Å². The Balaban J connectivity index is 1.79. The zero-order valence-electron chi connectivity index (χ0n) is 13.0. The minimum absolute atomic E-state index is 0.119. The number of aryl methyl sites for hydroxylation is 1. The van der Waals surface area contributed by atoms with Gasteiger partial charge in [0.2, 0.25) is 5.89 Å². The average Bonchev–Trinajstić information content (AvgIpc) is 3.07. The molecule has 1 aromatic heterocycles. The number of fused-ring (bicyclic) bond motifs is 1. The second-order valence-corrected chi connectivity index (χ2v) is 5.63. The maximum absolute atomic E-state index is 12.7. The maximum Gasteiger partial charge on any atom is 0.322 e. The number of benzene rings is 1. The Morgan fingerprint density at radius 3 is 2.95 bits per heavy atom. The minimum atomic E-state index is -0.245. The standard InChI is InChI=1S/C16H20N4O2/c1-4-13(15-17-11(3)22-19-15)18-16(21)20-10(2)9-12-7-5-6-8-14(12)20/h5-8,10,13H,4,9H2,1-3H3,(H,18,21)/t10-,13-/m1/s1. The summed E-state index contributed by atoms with van der Waals surface area (Å²) in [6, 6.07) is 7.79. The van der Waals surface area contributed by atoms with E-state index in [0.717, 1.165) is 12.1 Å². The normalized spacial score (nSPS) is 18.1. The van der Waals surface area contributed by atoms with Gasteiger partial charge in [-0.3, -0.25) is 4.90 Å². The van der Waals surface area contributed by atoms with E-state index in [-0.39, 0.29) is 18.1 Å². The highest BCUT2D eigenvalue weighted by Crippen LogP contribution is 2.32. The first kappa shape index (κ1) is 14.6. The van der Waals surface area contributed by atoms with E-state index >= 15 is 0 Å². The average molecular weight is 300 g/mol. The Labute approximate surface area is 129 Å². The van der Waals surface area contributed by atoms with E-state index in [0.29, 0.717) is 18.1 Å². The second-order valence-electron chi connectivity index (χ2n) is 5.63. The molecule has 6 heteroatoms. The van der Waals surface area contributed by atoms with Crippen LogP contribution in [0.3, 0.4) is 0 Å². The number of rotatable bonds is 3. The molecule has 2 aromatic rings. The van der Waals surface area contributed by atoms with Crippen LogP contribution in [0, 0.1) is 6.92 Å². The molecule has 0 unspecified atom stereocenters. The van der Waals surface area contributed by atoms with Crippen molar-refractivity contribution in [3.63, 3.8) is 0 Å². The number of anilines is 1. The number of urea groups is 1. The zero-order chi connectivity index (χ0) is 15.7. The van der Waals surface area contributed by atoms with Gasteiger partial charge < -0.3 is 9.84 Å². The first-order valence-electron chi connectivity index (χ1n) is 7.58. The summed E-state index contributed by atoms with van der Waals surface area (Å²) in [4.78, 5) is 18.7. The van der Waals surface area contributed by atoms with Crippen molar-refractivity contribution in [2.45, 2.75) is 45.7 Å². The van der Waals surface area contributed by atoms with Crippen LogP contribution < -0.4 is 10.2 Å². The number of hydrogen-bond donors (Lipinski definition) is 1. The summed E-state index contributed by atoms with van der Waals surface area (Å²) in [5, 5.41) is 6.92. The molecule has 3 rings (SSSR count). The minimum Gasteiger partial charge on any atom is -0.340 e. The molecule has 0 spiro atoms. The van der Waals surface area contributed by atoms with Gasteiger partial charge in [0.1, 0.15) is 0 Å². The number of nitrogens with one attached hydrogen (secondary N) is 1. The topological polar surface area (TPSA) is 71.3 Å². The summed E-state index contributed by atoms with van der Waals surface area (Å²) in [5.41, 5.74) is 2.18. The summed E-state index contributed by atoms with van der Waals surface area (Å²) in [5.74, 6) is 1.02. The molecule has 0 fully saturated rings. The molecule has 0 bridgehead atoms. The zero-order valence-corrected chi connectivity index (χ0v) is 13.0. The largest absolute Gasteiger partial charge is 0.340 e. The number of hydrogen-bond acceptors (Lipinski definition) is 4. The van der Waals surface area contributed by atoms with E-state index in [1.807, 2.05) is 30.0 Å². The van der Waals surface area contributed by atoms with Gasteiger partial charge in [-0.15, -0.1) is 0 Å². The number of aromatic nitrogens is 2. The summed E-state index contributed by atoms with van der Waals surface area (Å²) in [7, 11) is 0. The molecule has 6 nitrogen and oxygen atoms in total. The monoisotopic (exact) mass is 300 g/mol. The lowest BCUT2D eigenvalue weighted by molar-refractivity contribution is 0.240. The van der Waals surface area contributed by atoms with Gasteiger partial charge in [-0.1, -0.05) is 30.3 Å². The highest BCUT2D eigenvalue weighted by molar-refractivity contribution is 5.95. The molecule has 116 valence electrons. The molecule has 1 aromatic carbocycles. The predicted octanol–water partition coefficient (Wildman–Crippen LogP) is 2.99. The molecular weight excluding hydrogens is 280 g/mol. The van der Waals surface area contributed by atoms with Crippen LogP contribution in [0.2, 0.25) is 0 Å². The quantitative estimate of drug-likeness (QED) is 0.946. The number of nitrogens with zero attached hydrogens (tertiary/aromatic N) is 3. The van der Waals surface area contributed by atoms with Crippen LogP contribution in [0.5, 0.6) is 0 Å². The Kier molecular flexibility index (Phi) is 3.83. The van der Waals surface area contributed by atoms with Crippen LogP contribution in [-0.4, -0.2) is 22.2 Å². The Morgan fingerprint density at radius 1 is 1.50 bits per heavy atom. The first-order chi connectivity index (χ1) is 10.6. The molecule has 2 amide bonds. The van der Waals surface area contributed by atoms with Crippen molar-refractivity contribution >= 4 is 11.7 Å². The number of amides is 2. The first-order valence-corrected chi connectivity index (χ1v) is 7.58. The van der Waals surface area contributed by atoms with E-state index in [1.165, 1.54) is 5.56 Å². The van der Waals surface area contributed by atoms with Crippen LogP contribution in [0.25, 0.3) is 0 Å². The van der Waals surface area contributed by atoms with Crippen molar-refractivity contribution in [1.29, 1.82) is 0 Å². The van der Waals surface area contributed by atoms with Crippen molar-refractivity contribution in [2.24, 2.45) is 0 Å². The van der Waals surface area contributed by atoms with Crippen LogP contribution >= 0.6 is 0 Å². The van der Waals surface area contributed by atoms with Gasteiger partial charge in [-0.2, -0.15) is 4.98 Å². The molecule has 0 saturated carbocycles. The Morgan fingerprint density at radius 2 is 2.27 bits per heavy atom. The third-order valence-electron chi connectivity index (χ3n) is 3.99. The fourth-order valence-corrected chi connectivity index (χ4v) is 2.90. The number of carbonyl (C=O) groups is 1. The Bertz CT molecular complexity index is 682. The summed E-state index contributed by atoms with van der Waals surface area (Å²) in [6.45, 7) is 5.78. The number of para-hydroxylation sites is 1. The van der Waals surface area contributed by atoms with Crippen molar-refractivity contribution < 1.29 is 9.32 Å². The molecule has 2 heterocycles. The molecule has 1 N–H and O–H groups in total. The number of carbonyl (C=O) groups excluding carboxylic acids is 1. The third kappa shape index (κ3) is 2.56. The fraction of sp³-hybridized carbons (Fsp3) is 0.438. The van der Waals surface area contributed by atoms with Crippen molar-refractivity contribution in [2.75, 3.05) is 4.90 Å². The molecule has 1 aliphatic heterocycles. The van der Waals surface area contributed by atoms with Gasteiger partial charge in [0, 0.05) is 18.7 Å². The van der Waals surface area contributed by atoms with Gasteiger partial charge >= 0.3 is 6.03 Å². The van der Waals surface area contributed by atoms with E-state index < -0.39 is 0 Å². The van der Waals surface area contributed by atoms with Crippen molar-refractivity contribution in [3.05, 3.63) is 41.5 Å². The maximum atomic E-state index is 12.7. The lowest BCUT2D eigenvalue weighted by atomic mass is 10.1. The van der Waals surface area contributed by atoms with E-state index in [1.54, 1.807) is 6.92 Å². The third-order valence-corrected chi connectivity index (χ3v) is 3.99. The van der Waals surface area contributed by atoms with Crippen LogP contribution in [-0.2, 0) is 6.42 Å². The fourth-order valence-electron chi connectivity index (χ4n) is 2.90. The smallest absolute Gasteiger partial charge is 0.322 e. The van der Waals surface area contributed by atoms with Crippen LogP contribution in [0.1, 0.15) is 43.6 Å². The van der Waals surface area contributed by atoms with E-state index in [9.17, 15) is 4.79 Å². The lowest BCUT2D eigenvalue weighted by Gasteiger charge is -2.25. The van der Waals surface area contributed by atoms with E-state index in [2.05, 4.69) is 28.4 Å². The van der Waals surface area contributed by atoms with Gasteiger partial charge in [0.25, 0.3) is 0 Å². The summed E-state index contributed by atoms with van der Waals surface area (Å²) >= 11 is 0. The molecule has 0 aliphatic carbocycles. The molecule has 22 heavy (non-hydrogen) atoms. The van der Waals surface area contributed by atoms with E-state index in [4.69, 9.17) is 4.52 Å². The highest BCUT2D eigenvalue weighted by atomic mass is 16.5. The predicted molar refractivity (Wildman–Crippen MR) is 82.7 cm³/mol. The lowest BCUT2D eigenvalue weighted by Crippen LogP contribution is -2.44. The molecule has 2 atom stereocenters. The summed E-state index contributed by atoms with van der Waals surface area (Å²) in [6.07, 6.45) is 1.58. The van der Waals surface area contributed by atoms with Gasteiger partial charge in [-0.05, 0) is 31.4 Å². The molecule has 0 saturated heterocycles. The van der Waals surface area contributed by atoms with Crippen LogP contribution in [0.4, 0.5) is 10.5 Å². The molecular formula is C16H20N4O2. The van der Waals surface area contributed by atoms with Crippen molar-refractivity contribution in [3.8, 4) is 0 Å². The van der Waals surface area contributed by atoms with Crippen molar-refractivity contribution in [1.82, 2.24) is 15.5 Å². The summed E-state index contributed by atoms with van der Waals surface area (Å²) < 4.78 is 5.01. The SMILES string of the molecule is CC[C@@H](NC(=O)N1c2ccccc2C[C@H]1C)c1noc(C)n1. The van der Waals surface area contributed by atoms with Gasteiger partial charge in [0.15, 0.2) is 5.82 Å². The Hall–Kier alpha value is -2.37. The van der Waals surface area contributed by atoms with Gasteiger partial charge in [0.05, 0.1) is 6.04 Å². The second kappa shape index (κ2) is 5.79.